The molecule has 1 saturated heterocycles. The number of hydrogen-bond donors (Lipinski definition) is 1. The molecule has 0 radical (unpaired) electrons. The van der Waals surface area contributed by atoms with E-state index in [4.69, 9.17) is 19.3 Å². The second-order valence-electron chi connectivity index (χ2n) is 8.68. The molecular formula is C26H25N3O7S. The summed E-state index contributed by atoms with van der Waals surface area (Å²) in [6.45, 7) is 0.443. The van der Waals surface area contributed by atoms with Crippen LogP contribution in [0.1, 0.15) is 12.0 Å². The van der Waals surface area contributed by atoms with Gasteiger partial charge < -0.3 is 19.5 Å². The van der Waals surface area contributed by atoms with Gasteiger partial charge >= 0.3 is 5.97 Å². The quantitative estimate of drug-likeness (QED) is 0.369. The fourth-order valence-corrected chi connectivity index (χ4v) is 5.83. The summed E-state index contributed by atoms with van der Waals surface area (Å²) in [4.78, 5) is 24.4. The van der Waals surface area contributed by atoms with E-state index in [-0.39, 0.29) is 11.5 Å². The van der Waals surface area contributed by atoms with Crippen LogP contribution in [0.3, 0.4) is 0 Å². The lowest BCUT2D eigenvalue weighted by Gasteiger charge is -2.18. The monoisotopic (exact) mass is 523 g/mol. The lowest BCUT2D eigenvalue weighted by molar-refractivity contribution is -0.143. The maximum atomic E-state index is 12.3. The molecule has 1 N–H and O–H groups in total. The summed E-state index contributed by atoms with van der Waals surface area (Å²) in [5, 5.41) is 7.31. The van der Waals surface area contributed by atoms with Crippen molar-refractivity contribution in [3.8, 4) is 28.4 Å². The highest BCUT2D eigenvalue weighted by atomic mass is 32.2. The molecule has 1 unspecified atom stereocenters. The Hall–Kier alpha value is -4.12. The number of nitrogens with one attached hydrogen (secondary N) is 1. The Morgan fingerprint density at radius 2 is 1.89 bits per heavy atom. The summed E-state index contributed by atoms with van der Waals surface area (Å²) < 4.78 is 41.1. The molecule has 10 nitrogen and oxygen atoms in total. The first-order valence-electron chi connectivity index (χ1n) is 11.8. The topological polar surface area (TPSA) is 126 Å². The molecule has 192 valence electrons. The fourth-order valence-electron chi connectivity index (χ4n) is 4.16. The van der Waals surface area contributed by atoms with Crippen molar-refractivity contribution in [1.82, 2.24) is 15.1 Å². The first kappa shape index (κ1) is 24.6. The van der Waals surface area contributed by atoms with Crippen LogP contribution in [0, 0.1) is 0 Å². The zero-order valence-corrected chi connectivity index (χ0v) is 20.6. The van der Waals surface area contributed by atoms with Gasteiger partial charge in [0.05, 0.1) is 17.2 Å². The molecule has 1 amide bonds. The molecule has 1 atom stereocenters. The molecular weight excluding hydrogens is 498 g/mol. The number of rotatable bonds is 7. The Morgan fingerprint density at radius 3 is 2.65 bits per heavy atom. The number of amides is 1. The lowest BCUT2D eigenvalue weighted by Crippen LogP contribution is -2.38. The van der Waals surface area contributed by atoms with Crippen molar-refractivity contribution in [3.63, 3.8) is 0 Å². The van der Waals surface area contributed by atoms with Gasteiger partial charge in [-0.15, -0.1) is 0 Å². The van der Waals surface area contributed by atoms with Crippen LogP contribution in [0.4, 0.5) is 0 Å². The molecule has 2 aliphatic heterocycles. The Bertz CT molecular complexity index is 1450. The van der Waals surface area contributed by atoms with Crippen LogP contribution in [0.25, 0.3) is 23.0 Å². The maximum Gasteiger partial charge on any atom is 0.331 e. The molecule has 1 aromatic heterocycles. The maximum absolute atomic E-state index is 12.3. The van der Waals surface area contributed by atoms with Crippen molar-refractivity contribution >= 4 is 27.8 Å². The van der Waals surface area contributed by atoms with E-state index in [9.17, 15) is 18.0 Å². The zero-order valence-electron chi connectivity index (χ0n) is 19.8. The molecule has 0 saturated carbocycles. The predicted molar refractivity (Wildman–Crippen MR) is 135 cm³/mol. The minimum atomic E-state index is -3.12. The van der Waals surface area contributed by atoms with Crippen molar-refractivity contribution in [3.05, 3.63) is 66.4 Å². The molecule has 5 rings (SSSR count). The number of ether oxygens (including phenoxy) is 3. The third-order valence-electron chi connectivity index (χ3n) is 5.92. The summed E-state index contributed by atoms with van der Waals surface area (Å²) in [5.74, 6) is -0.0312. The smallest absolute Gasteiger partial charge is 0.331 e. The molecule has 0 spiro atoms. The third kappa shape index (κ3) is 6.00. The summed E-state index contributed by atoms with van der Waals surface area (Å²) in [6.07, 6.45) is 4.94. The Kier molecular flexibility index (Phi) is 6.95. The van der Waals surface area contributed by atoms with Gasteiger partial charge in [0.25, 0.3) is 5.91 Å². The van der Waals surface area contributed by atoms with Crippen LogP contribution in [-0.4, -0.2) is 67.4 Å². The normalized spacial score (nSPS) is 18.0. The summed E-state index contributed by atoms with van der Waals surface area (Å²) in [7, 11) is -3.12. The highest BCUT2D eigenvalue weighted by Crippen LogP contribution is 2.35. The Labute approximate surface area is 213 Å². The van der Waals surface area contributed by atoms with Gasteiger partial charge in [-0.2, -0.15) is 5.10 Å². The second kappa shape index (κ2) is 10.5. The van der Waals surface area contributed by atoms with Crippen LogP contribution in [-0.2, 0) is 24.2 Å². The molecule has 3 heterocycles. The zero-order chi connectivity index (χ0) is 25.8. The van der Waals surface area contributed by atoms with Crippen LogP contribution >= 0.6 is 0 Å². The van der Waals surface area contributed by atoms with E-state index < -0.39 is 34.4 Å². The highest BCUT2D eigenvalue weighted by Gasteiger charge is 2.29. The number of benzene rings is 2. The third-order valence-corrected chi connectivity index (χ3v) is 7.69. The van der Waals surface area contributed by atoms with E-state index in [0.29, 0.717) is 42.4 Å². The van der Waals surface area contributed by atoms with E-state index >= 15 is 0 Å². The van der Waals surface area contributed by atoms with Crippen molar-refractivity contribution in [2.45, 2.75) is 12.5 Å². The molecule has 11 heteroatoms. The first-order valence-corrected chi connectivity index (χ1v) is 13.6. The minimum Gasteiger partial charge on any atom is -0.486 e. The van der Waals surface area contributed by atoms with Crippen LogP contribution < -0.4 is 14.8 Å². The van der Waals surface area contributed by atoms with E-state index in [1.54, 1.807) is 17.0 Å². The number of esters is 1. The van der Waals surface area contributed by atoms with Gasteiger partial charge in [-0.05, 0) is 42.8 Å². The van der Waals surface area contributed by atoms with E-state index in [0.717, 1.165) is 11.3 Å². The number of hydrogen-bond acceptors (Lipinski definition) is 8. The molecule has 2 aliphatic rings. The SMILES string of the molecule is O=C(COC(=O)C=Cc1cn(-c2ccccc2)nc1-c1ccc2c(c1)OCCO2)NC1CCS(=O)(=O)C1. The Balaban J connectivity index is 1.31. The van der Waals surface area contributed by atoms with Gasteiger partial charge in [-0.3, -0.25) is 4.79 Å². The largest absolute Gasteiger partial charge is 0.486 e. The molecule has 1 fully saturated rings. The number of carbonyl (C=O) groups is 2. The number of carbonyl (C=O) groups excluding carboxylic acids is 2. The second-order valence-corrected chi connectivity index (χ2v) is 10.9. The van der Waals surface area contributed by atoms with Crippen LogP contribution in [0.15, 0.2) is 60.8 Å². The first-order chi connectivity index (χ1) is 17.9. The fraction of sp³-hybridized carbons (Fsp3) is 0.269. The van der Waals surface area contributed by atoms with Crippen LogP contribution in [0.5, 0.6) is 11.5 Å². The average molecular weight is 524 g/mol. The van der Waals surface area contributed by atoms with Crippen molar-refractivity contribution < 1.29 is 32.2 Å². The predicted octanol–water partition coefficient (Wildman–Crippen LogP) is 2.17. The van der Waals surface area contributed by atoms with Gasteiger partial charge in [0.15, 0.2) is 27.9 Å². The number of sulfone groups is 1. The van der Waals surface area contributed by atoms with E-state index in [1.807, 2.05) is 48.5 Å². The van der Waals surface area contributed by atoms with Crippen LogP contribution in [0.2, 0.25) is 0 Å². The molecule has 0 bridgehead atoms. The van der Waals surface area contributed by atoms with Crippen molar-refractivity contribution in [2.75, 3.05) is 31.3 Å². The van der Waals surface area contributed by atoms with Gasteiger partial charge in [-0.1, -0.05) is 18.2 Å². The van der Waals surface area contributed by atoms with E-state index in [2.05, 4.69) is 5.32 Å². The van der Waals surface area contributed by atoms with Crippen molar-refractivity contribution in [1.29, 1.82) is 0 Å². The standard InChI is InChI=1S/C26H25N3O7S/c30-24(27-20-10-13-37(32,33)17-20)16-36-25(31)9-7-19-15-29(21-4-2-1-3-5-21)28-26(19)18-6-8-22-23(14-18)35-12-11-34-22/h1-9,14-15,20H,10-13,16-17H2,(H,27,30). The van der Waals surface area contributed by atoms with Crippen molar-refractivity contribution in [2.24, 2.45) is 0 Å². The summed E-state index contributed by atoms with van der Waals surface area (Å²) in [5.41, 5.74) is 2.88. The summed E-state index contributed by atoms with van der Waals surface area (Å²) in [6, 6.07) is 14.6. The van der Waals surface area contributed by atoms with Gasteiger partial charge in [0.2, 0.25) is 0 Å². The minimum absolute atomic E-state index is 0.0445. The van der Waals surface area contributed by atoms with Gasteiger partial charge in [0.1, 0.15) is 18.9 Å². The molecule has 37 heavy (non-hydrogen) atoms. The number of nitrogens with zero attached hydrogens (tertiary/aromatic N) is 2. The molecule has 3 aromatic rings. The number of fused-ring (bicyclic) bond motifs is 1. The summed E-state index contributed by atoms with van der Waals surface area (Å²) >= 11 is 0. The highest BCUT2D eigenvalue weighted by molar-refractivity contribution is 7.91. The Morgan fingerprint density at radius 1 is 1.11 bits per heavy atom. The average Bonchev–Trinajstić information content (AvgIpc) is 3.49. The van der Waals surface area contributed by atoms with E-state index in [1.165, 1.54) is 6.08 Å². The molecule has 0 aliphatic carbocycles. The molecule has 2 aromatic carbocycles. The number of aromatic nitrogens is 2. The number of para-hydroxylation sites is 1. The lowest BCUT2D eigenvalue weighted by atomic mass is 10.1. The van der Waals surface area contributed by atoms with Gasteiger partial charge in [-0.25, -0.2) is 17.9 Å². The van der Waals surface area contributed by atoms with Gasteiger partial charge in [0, 0.05) is 29.4 Å².